The van der Waals surface area contributed by atoms with Crippen LogP contribution in [0.1, 0.15) is 57.0 Å². The van der Waals surface area contributed by atoms with Gasteiger partial charge in [0.25, 0.3) is 5.91 Å². The maximum absolute atomic E-state index is 12.5. The number of rotatable bonds is 4. The average molecular weight is 407 g/mol. The van der Waals surface area contributed by atoms with Crippen LogP contribution in [0.15, 0.2) is 28.7 Å². The molecule has 0 saturated heterocycles. The van der Waals surface area contributed by atoms with E-state index in [9.17, 15) is 9.59 Å². The number of furan rings is 1. The minimum Gasteiger partial charge on any atom is -0.451 e. The summed E-state index contributed by atoms with van der Waals surface area (Å²) in [5.74, 6) is 0.489. The summed E-state index contributed by atoms with van der Waals surface area (Å²) in [6.45, 7) is 6.13. The van der Waals surface area contributed by atoms with Gasteiger partial charge in [0, 0.05) is 23.0 Å². The standard InChI is InChI=1S/C21H27ClN2O4/c1-21(2,3)28-20(26)23-12-13-4-7-16(8-5-13)24-19(25)18-11-14-10-15(22)6-9-17(14)27-18/h6,9-11,13,16H,4-5,7-8,12H2,1-3H3,(H,23,26)(H,24,25). The molecule has 152 valence electrons. The van der Waals surface area contributed by atoms with Crippen LogP contribution in [-0.2, 0) is 4.74 Å². The first kappa shape index (κ1) is 20.5. The molecule has 0 unspecified atom stereocenters. The molecule has 0 aliphatic heterocycles. The molecule has 0 atom stereocenters. The predicted molar refractivity (Wildman–Crippen MR) is 109 cm³/mol. The highest BCUT2D eigenvalue weighted by atomic mass is 35.5. The molecule has 3 rings (SSSR count). The van der Waals surface area contributed by atoms with Crippen LogP contribution in [0.3, 0.4) is 0 Å². The first-order valence-corrected chi connectivity index (χ1v) is 10.0. The van der Waals surface area contributed by atoms with E-state index in [2.05, 4.69) is 10.6 Å². The summed E-state index contributed by atoms with van der Waals surface area (Å²) in [5, 5.41) is 7.31. The van der Waals surface area contributed by atoms with E-state index in [1.54, 1.807) is 24.3 Å². The van der Waals surface area contributed by atoms with Gasteiger partial charge in [0.15, 0.2) is 5.76 Å². The van der Waals surface area contributed by atoms with E-state index in [4.69, 9.17) is 20.8 Å². The summed E-state index contributed by atoms with van der Waals surface area (Å²) in [6, 6.07) is 7.11. The molecule has 0 spiro atoms. The Balaban J connectivity index is 1.44. The lowest BCUT2D eigenvalue weighted by Gasteiger charge is -2.29. The molecule has 2 N–H and O–H groups in total. The SMILES string of the molecule is CC(C)(C)OC(=O)NCC1CCC(NC(=O)c2cc3cc(Cl)ccc3o2)CC1. The van der Waals surface area contributed by atoms with Gasteiger partial charge < -0.3 is 19.8 Å². The zero-order valence-electron chi connectivity index (χ0n) is 16.5. The number of hydrogen-bond donors (Lipinski definition) is 2. The fraction of sp³-hybridized carbons (Fsp3) is 0.524. The monoisotopic (exact) mass is 406 g/mol. The highest BCUT2D eigenvalue weighted by molar-refractivity contribution is 6.31. The fourth-order valence-electron chi connectivity index (χ4n) is 3.44. The minimum absolute atomic E-state index is 0.113. The van der Waals surface area contributed by atoms with E-state index in [-0.39, 0.29) is 18.0 Å². The summed E-state index contributed by atoms with van der Waals surface area (Å²) in [7, 11) is 0. The van der Waals surface area contributed by atoms with Gasteiger partial charge in [0.2, 0.25) is 0 Å². The van der Waals surface area contributed by atoms with Gasteiger partial charge in [-0.05, 0) is 76.6 Å². The van der Waals surface area contributed by atoms with Crippen molar-refractivity contribution in [1.82, 2.24) is 10.6 Å². The van der Waals surface area contributed by atoms with Crippen LogP contribution in [0.25, 0.3) is 11.0 Å². The lowest BCUT2D eigenvalue weighted by molar-refractivity contribution is 0.0514. The van der Waals surface area contributed by atoms with Crippen molar-refractivity contribution in [3.05, 3.63) is 35.0 Å². The van der Waals surface area contributed by atoms with Gasteiger partial charge in [0.05, 0.1) is 0 Å². The van der Waals surface area contributed by atoms with E-state index < -0.39 is 5.60 Å². The molecule has 1 aliphatic carbocycles. The Morgan fingerprint density at radius 3 is 2.57 bits per heavy atom. The molecule has 7 heteroatoms. The van der Waals surface area contributed by atoms with Crippen LogP contribution in [0.5, 0.6) is 0 Å². The van der Waals surface area contributed by atoms with Gasteiger partial charge in [-0.1, -0.05) is 11.6 Å². The molecule has 2 aromatic rings. The highest BCUT2D eigenvalue weighted by Gasteiger charge is 2.25. The first-order chi connectivity index (χ1) is 13.2. The third-order valence-corrected chi connectivity index (χ3v) is 5.05. The molecule has 1 fully saturated rings. The lowest BCUT2D eigenvalue weighted by atomic mass is 9.86. The van der Waals surface area contributed by atoms with Gasteiger partial charge in [-0.2, -0.15) is 0 Å². The Morgan fingerprint density at radius 2 is 1.89 bits per heavy atom. The second-order valence-electron chi connectivity index (χ2n) is 8.37. The molecule has 6 nitrogen and oxygen atoms in total. The van der Waals surface area contributed by atoms with E-state index >= 15 is 0 Å². The number of carbonyl (C=O) groups is 2. The van der Waals surface area contributed by atoms with E-state index in [1.165, 1.54) is 0 Å². The van der Waals surface area contributed by atoms with Gasteiger partial charge in [-0.3, -0.25) is 4.79 Å². The second-order valence-corrected chi connectivity index (χ2v) is 8.80. The molecular formula is C21H27ClN2O4. The summed E-state index contributed by atoms with van der Waals surface area (Å²) in [4.78, 5) is 24.2. The van der Waals surface area contributed by atoms with Crippen LogP contribution in [0, 0.1) is 5.92 Å². The van der Waals surface area contributed by atoms with Crippen molar-refractivity contribution in [2.45, 2.75) is 58.1 Å². The zero-order chi connectivity index (χ0) is 20.3. The lowest BCUT2D eigenvalue weighted by Crippen LogP contribution is -2.40. The van der Waals surface area contributed by atoms with Gasteiger partial charge in [0.1, 0.15) is 11.2 Å². The highest BCUT2D eigenvalue weighted by Crippen LogP contribution is 2.26. The van der Waals surface area contributed by atoms with Gasteiger partial charge >= 0.3 is 6.09 Å². The Hall–Kier alpha value is -2.21. The molecule has 0 bridgehead atoms. The van der Waals surface area contributed by atoms with Gasteiger partial charge in [-0.25, -0.2) is 4.79 Å². The molecule has 1 heterocycles. The number of fused-ring (bicyclic) bond motifs is 1. The predicted octanol–water partition coefficient (Wildman–Crippen LogP) is 4.90. The number of halogens is 1. The molecule has 1 aromatic heterocycles. The minimum atomic E-state index is -0.492. The zero-order valence-corrected chi connectivity index (χ0v) is 17.3. The summed E-state index contributed by atoms with van der Waals surface area (Å²) in [6.07, 6.45) is 3.25. The van der Waals surface area contributed by atoms with Crippen molar-refractivity contribution in [1.29, 1.82) is 0 Å². The van der Waals surface area contributed by atoms with E-state index in [0.717, 1.165) is 31.1 Å². The van der Waals surface area contributed by atoms with Crippen molar-refractivity contribution in [3.8, 4) is 0 Å². The smallest absolute Gasteiger partial charge is 0.407 e. The third kappa shape index (κ3) is 5.64. The number of benzene rings is 1. The van der Waals surface area contributed by atoms with Gasteiger partial charge in [-0.15, -0.1) is 0 Å². The molecule has 28 heavy (non-hydrogen) atoms. The average Bonchev–Trinajstić information content (AvgIpc) is 3.03. The summed E-state index contributed by atoms with van der Waals surface area (Å²) >= 11 is 5.98. The maximum atomic E-state index is 12.5. The molecule has 1 saturated carbocycles. The second kappa shape index (κ2) is 8.43. The Morgan fingerprint density at radius 1 is 1.18 bits per heavy atom. The molecule has 2 amide bonds. The van der Waals surface area contributed by atoms with Crippen molar-refractivity contribution >= 4 is 34.6 Å². The largest absolute Gasteiger partial charge is 0.451 e. The van der Waals surface area contributed by atoms with Crippen molar-refractivity contribution < 1.29 is 18.7 Å². The molecule has 0 radical (unpaired) electrons. The van der Waals surface area contributed by atoms with Crippen LogP contribution in [-0.4, -0.2) is 30.2 Å². The Bertz CT molecular complexity index is 848. The number of carbonyl (C=O) groups excluding carboxylic acids is 2. The number of ether oxygens (including phenoxy) is 1. The van der Waals surface area contributed by atoms with Crippen molar-refractivity contribution in [2.75, 3.05) is 6.54 Å². The van der Waals surface area contributed by atoms with Crippen molar-refractivity contribution in [3.63, 3.8) is 0 Å². The molecule has 1 aromatic carbocycles. The summed E-state index contributed by atoms with van der Waals surface area (Å²) in [5.41, 5.74) is 0.153. The third-order valence-electron chi connectivity index (χ3n) is 4.82. The number of nitrogens with one attached hydrogen (secondary N) is 2. The topological polar surface area (TPSA) is 80.6 Å². The van der Waals surface area contributed by atoms with Crippen LogP contribution < -0.4 is 10.6 Å². The molecular weight excluding hydrogens is 380 g/mol. The molecule has 1 aliphatic rings. The normalized spacial score (nSPS) is 20.0. The maximum Gasteiger partial charge on any atom is 0.407 e. The van der Waals surface area contributed by atoms with Crippen LogP contribution in [0.4, 0.5) is 4.79 Å². The Labute approximate surface area is 169 Å². The number of alkyl carbamates (subject to hydrolysis) is 1. The van der Waals surface area contributed by atoms with Crippen molar-refractivity contribution in [2.24, 2.45) is 5.92 Å². The van der Waals surface area contributed by atoms with Crippen LogP contribution in [0.2, 0.25) is 5.02 Å². The quantitative estimate of drug-likeness (QED) is 0.756. The van der Waals surface area contributed by atoms with E-state index in [1.807, 2.05) is 20.8 Å². The number of amides is 2. The fourth-order valence-corrected chi connectivity index (χ4v) is 3.62. The number of hydrogen-bond acceptors (Lipinski definition) is 4. The van der Waals surface area contributed by atoms with Crippen LogP contribution >= 0.6 is 11.6 Å². The Kier molecular flexibility index (Phi) is 6.18. The van der Waals surface area contributed by atoms with E-state index in [0.29, 0.717) is 28.8 Å². The first-order valence-electron chi connectivity index (χ1n) is 9.66. The summed E-state index contributed by atoms with van der Waals surface area (Å²) < 4.78 is 10.9.